The Morgan fingerprint density at radius 3 is 1.93 bits per heavy atom. The minimum atomic E-state index is -0.492. The van der Waals surface area contributed by atoms with Gasteiger partial charge in [0.2, 0.25) is 5.91 Å². The van der Waals surface area contributed by atoms with Crippen molar-refractivity contribution in [1.29, 1.82) is 0 Å². The van der Waals surface area contributed by atoms with Gasteiger partial charge in [0.25, 0.3) is 0 Å². The molecule has 3 rings (SSSR count). The first-order valence-corrected chi connectivity index (χ1v) is 8.98. The standard InChI is InChI=1S/C24H21NO3/c1-15-3-5-19(6-4-15)23(27)13-17-11-21(16(2)26)14-22(12-17)18-7-9-20(10-8-18)24(25)28/h3-12,14H,13H2,1-2H3,(H2,25,28). The highest BCUT2D eigenvalue weighted by molar-refractivity contribution is 5.99. The Hall–Kier alpha value is -3.53. The summed E-state index contributed by atoms with van der Waals surface area (Å²) in [5.74, 6) is -0.566. The minimum Gasteiger partial charge on any atom is -0.366 e. The fourth-order valence-electron chi connectivity index (χ4n) is 3.02. The third kappa shape index (κ3) is 4.41. The predicted octanol–water partition coefficient (Wildman–Crippen LogP) is 4.39. The van der Waals surface area contributed by atoms with Crippen LogP contribution in [0.4, 0.5) is 0 Å². The van der Waals surface area contributed by atoms with E-state index in [4.69, 9.17) is 5.73 Å². The second-order valence-corrected chi connectivity index (χ2v) is 6.88. The summed E-state index contributed by atoms with van der Waals surface area (Å²) in [7, 11) is 0. The van der Waals surface area contributed by atoms with Gasteiger partial charge in [-0.05, 0) is 54.8 Å². The summed E-state index contributed by atoms with van der Waals surface area (Å²) in [6, 6.07) is 19.8. The van der Waals surface area contributed by atoms with Gasteiger partial charge in [-0.3, -0.25) is 14.4 Å². The van der Waals surface area contributed by atoms with Gasteiger partial charge in [0.05, 0.1) is 0 Å². The topological polar surface area (TPSA) is 77.2 Å². The molecule has 0 spiro atoms. The van der Waals surface area contributed by atoms with Crippen molar-refractivity contribution in [3.8, 4) is 11.1 Å². The molecule has 0 saturated carbocycles. The third-order valence-electron chi connectivity index (χ3n) is 4.64. The van der Waals surface area contributed by atoms with Crippen LogP contribution >= 0.6 is 0 Å². The second-order valence-electron chi connectivity index (χ2n) is 6.88. The van der Waals surface area contributed by atoms with E-state index in [1.165, 1.54) is 6.92 Å². The van der Waals surface area contributed by atoms with Gasteiger partial charge in [-0.25, -0.2) is 0 Å². The molecule has 3 aromatic carbocycles. The SMILES string of the molecule is CC(=O)c1cc(CC(=O)c2ccc(C)cc2)cc(-c2ccc(C(N)=O)cc2)c1. The van der Waals surface area contributed by atoms with Crippen LogP contribution in [0.5, 0.6) is 0 Å². The van der Waals surface area contributed by atoms with Crippen LogP contribution in [0.15, 0.2) is 66.7 Å². The van der Waals surface area contributed by atoms with E-state index < -0.39 is 5.91 Å². The lowest BCUT2D eigenvalue weighted by Crippen LogP contribution is -2.10. The molecule has 2 N–H and O–H groups in total. The van der Waals surface area contributed by atoms with E-state index in [-0.39, 0.29) is 18.0 Å². The molecular weight excluding hydrogens is 350 g/mol. The smallest absolute Gasteiger partial charge is 0.248 e. The highest BCUT2D eigenvalue weighted by atomic mass is 16.1. The predicted molar refractivity (Wildman–Crippen MR) is 110 cm³/mol. The number of primary amides is 1. The lowest BCUT2D eigenvalue weighted by atomic mass is 9.94. The normalized spacial score (nSPS) is 10.5. The Morgan fingerprint density at radius 1 is 0.750 bits per heavy atom. The van der Waals surface area contributed by atoms with E-state index in [2.05, 4.69) is 0 Å². The number of carbonyl (C=O) groups is 3. The fraction of sp³-hybridized carbons (Fsp3) is 0.125. The highest BCUT2D eigenvalue weighted by Gasteiger charge is 2.12. The van der Waals surface area contributed by atoms with Crippen molar-refractivity contribution < 1.29 is 14.4 Å². The number of Topliss-reactive ketones (excluding diaryl/α,β-unsaturated/α-hetero) is 2. The molecule has 0 aromatic heterocycles. The van der Waals surface area contributed by atoms with Crippen LogP contribution in [0.2, 0.25) is 0 Å². The van der Waals surface area contributed by atoms with Crippen LogP contribution in [0.3, 0.4) is 0 Å². The molecule has 0 saturated heterocycles. The average Bonchev–Trinajstić information content (AvgIpc) is 2.68. The van der Waals surface area contributed by atoms with E-state index >= 15 is 0 Å². The van der Waals surface area contributed by atoms with Crippen molar-refractivity contribution in [3.63, 3.8) is 0 Å². The third-order valence-corrected chi connectivity index (χ3v) is 4.64. The minimum absolute atomic E-state index is 0.00396. The molecule has 0 atom stereocenters. The molecule has 4 heteroatoms. The van der Waals surface area contributed by atoms with Gasteiger partial charge in [-0.1, -0.05) is 48.0 Å². The summed E-state index contributed by atoms with van der Waals surface area (Å²) in [6.07, 6.45) is 0.205. The maximum atomic E-state index is 12.6. The summed E-state index contributed by atoms with van der Waals surface area (Å²) in [4.78, 5) is 35.9. The number of carbonyl (C=O) groups excluding carboxylic acids is 3. The van der Waals surface area contributed by atoms with Crippen molar-refractivity contribution in [2.45, 2.75) is 20.3 Å². The molecular formula is C24H21NO3. The summed E-state index contributed by atoms with van der Waals surface area (Å²) in [5.41, 5.74) is 10.4. The van der Waals surface area contributed by atoms with Crippen LogP contribution in [-0.4, -0.2) is 17.5 Å². The Labute approximate surface area is 164 Å². The lowest BCUT2D eigenvalue weighted by molar-refractivity contribution is 0.0986. The van der Waals surface area contributed by atoms with Gasteiger partial charge in [0.1, 0.15) is 0 Å². The number of rotatable bonds is 6. The first-order valence-electron chi connectivity index (χ1n) is 8.98. The number of ketones is 2. The molecule has 0 aliphatic heterocycles. The van der Waals surface area contributed by atoms with E-state index in [1.54, 1.807) is 36.4 Å². The summed E-state index contributed by atoms with van der Waals surface area (Å²) in [6.45, 7) is 3.47. The Kier molecular flexibility index (Phi) is 5.50. The number of aryl methyl sites for hydroxylation is 1. The largest absolute Gasteiger partial charge is 0.366 e. The summed E-state index contributed by atoms with van der Waals surface area (Å²) < 4.78 is 0. The molecule has 0 unspecified atom stereocenters. The zero-order chi connectivity index (χ0) is 20.3. The monoisotopic (exact) mass is 371 g/mol. The van der Waals surface area contributed by atoms with Gasteiger partial charge in [-0.15, -0.1) is 0 Å². The van der Waals surface area contributed by atoms with Gasteiger partial charge in [0, 0.05) is 23.1 Å². The van der Waals surface area contributed by atoms with E-state index in [9.17, 15) is 14.4 Å². The van der Waals surface area contributed by atoms with Crippen LogP contribution in [-0.2, 0) is 6.42 Å². The highest BCUT2D eigenvalue weighted by Crippen LogP contribution is 2.24. The molecule has 0 fully saturated rings. The van der Waals surface area contributed by atoms with Crippen molar-refractivity contribution in [1.82, 2.24) is 0 Å². The number of hydrogen-bond donors (Lipinski definition) is 1. The lowest BCUT2D eigenvalue weighted by Gasteiger charge is -2.09. The number of hydrogen-bond acceptors (Lipinski definition) is 3. The zero-order valence-corrected chi connectivity index (χ0v) is 15.9. The fourth-order valence-corrected chi connectivity index (χ4v) is 3.02. The van der Waals surface area contributed by atoms with Crippen molar-refractivity contribution in [3.05, 3.63) is 94.5 Å². The molecule has 0 aliphatic carbocycles. The van der Waals surface area contributed by atoms with Crippen molar-refractivity contribution >= 4 is 17.5 Å². The van der Waals surface area contributed by atoms with Crippen LogP contribution in [0.25, 0.3) is 11.1 Å². The summed E-state index contributed by atoms with van der Waals surface area (Å²) >= 11 is 0. The zero-order valence-electron chi connectivity index (χ0n) is 15.9. The molecule has 0 radical (unpaired) electrons. The molecule has 0 bridgehead atoms. The molecule has 0 heterocycles. The van der Waals surface area contributed by atoms with Crippen molar-refractivity contribution in [2.24, 2.45) is 5.73 Å². The number of nitrogens with two attached hydrogens (primary N) is 1. The quantitative estimate of drug-likeness (QED) is 0.653. The second kappa shape index (κ2) is 8.01. The van der Waals surface area contributed by atoms with Gasteiger partial charge in [-0.2, -0.15) is 0 Å². The Bertz CT molecular complexity index is 1050. The Balaban J connectivity index is 1.95. The molecule has 1 amide bonds. The maximum Gasteiger partial charge on any atom is 0.248 e. The van der Waals surface area contributed by atoms with E-state index in [0.29, 0.717) is 16.7 Å². The van der Waals surface area contributed by atoms with Crippen LogP contribution in [0.1, 0.15) is 49.1 Å². The van der Waals surface area contributed by atoms with Crippen molar-refractivity contribution in [2.75, 3.05) is 0 Å². The first kappa shape index (κ1) is 19.2. The van der Waals surface area contributed by atoms with Gasteiger partial charge < -0.3 is 5.73 Å². The number of benzene rings is 3. The average molecular weight is 371 g/mol. The Morgan fingerprint density at radius 2 is 1.36 bits per heavy atom. The van der Waals surface area contributed by atoms with Gasteiger partial charge in [0.15, 0.2) is 11.6 Å². The molecule has 140 valence electrons. The van der Waals surface area contributed by atoms with E-state index in [0.717, 1.165) is 22.3 Å². The first-order chi connectivity index (χ1) is 13.3. The maximum absolute atomic E-state index is 12.6. The molecule has 0 aliphatic rings. The van der Waals surface area contributed by atoms with E-state index in [1.807, 2.05) is 37.3 Å². The van der Waals surface area contributed by atoms with Crippen LogP contribution in [0, 0.1) is 6.92 Å². The molecule has 3 aromatic rings. The van der Waals surface area contributed by atoms with Gasteiger partial charge >= 0.3 is 0 Å². The molecule has 4 nitrogen and oxygen atoms in total. The van der Waals surface area contributed by atoms with Crippen LogP contribution < -0.4 is 5.73 Å². The summed E-state index contributed by atoms with van der Waals surface area (Å²) in [5, 5.41) is 0. The molecule has 28 heavy (non-hydrogen) atoms. The number of amides is 1.